The van der Waals surface area contributed by atoms with Crippen molar-refractivity contribution in [3.8, 4) is 5.69 Å². The van der Waals surface area contributed by atoms with E-state index in [0.29, 0.717) is 9.93 Å². The molecule has 1 aromatic heterocycles. The summed E-state index contributed by atoms with van der Waals surface area (Å²) in [6, 6.07) is 18.2. The fraction of sp³-hybridized carbons (Fsp3) is 0.208. The maximum atomic E-state index is 12.5. The number of hydrogen-bond acceptors (Lipinski definition) is 3. The lowest BCUT2D eigenvalue weighted by Crippen LogP contribution is -2.30. The Morgan fingerprint density at radius 2 is 1.93 bits per heavy atom. The smallest absolute Gasteiger partial charge is 0.260 e. The van der Waals surface area contributed by atoms with Crippen molar-refractivity contribution < 1.29 is 4.79 Å². The highest BCUT2D eigenvalue weighted by Crippen LogP contribution is 2.32. The van der Waals surface area contributed by atoms with Gasteiger partial charge in [-0.2, -0.15) is 0 Å². The van der Waals surface area contributed by atoms with E-state index in [0.717, 1.165) is 34.7 Å². The average Bonchev–Trinajstić information content (AvgIpc) is 3.20. The summed E-state index contributed by atoms with van der Waals surface area (Å²) in [5.74, 6) is -0.0600. The van der Waals surface area contributed by atoms with Crippen LogP contribution in [0.15, 0.2) is 59.5 Å². The molecule has 2 N–H and O–H groups in total. The number of nitrogens with zero attached hydrogens (tertiary/aromatic N) is 1. The van der Waals surface area contributed by atoms with Crippen molar-refractivity contribution in [2.75, 3.05) is 5.32 Å². The molecule has 2 aromatic carbocycles. The lowest BCUT2D eigenvalue weighted by Gasteiger charge is -2.12. The molecule has 1 fully saturated rings. The van der Waals surface area contributed by atoms with Crippen LogP contribution < -0.4 is 10.6 Å². The Balaban J connectivity index is 1.55. The molecule has 0 bridgehead atoms. The molecule has 0 saturated carbocycles. The van der Waals surface area contributed by atoms with Gasteiger partial charge in [0, 0.05) is 27.8 Å². The first-order valence-electron chi connectivity index (χ1n) is 9.94. The Morgan fingerprint density at radius 1 is 1.17 bits per heavy atom. The lowest BCUT2D eigenvalue weighted by atomic mass is 10.1. The summed E-state index contributed by atoms with van der Waals surface area (Å²) < 4.78 is 2.15. The van der Waals surface area contributed by atoms with Gasteiger partial charge in [0.2, 0.25) is 0 Å². The number of anilines is 1. The zero-order valence-corrected chi connectivity index (χ0v) is 18.8. The average molecular weight is 438 g/mol. The molecule has 4 rings (SSSR count). The van der Waals surface area contributed by atoms with Gasteiger partial charge in [-0.3, -0.25) is 4.79 Å². The van der Waals surface area contributed by atoms with Gasteiger partial charge in [-0.1, -0.05) is 48.5 Å². The molecule has 0 unspecified atom stereocenters. The highest BCUT2D eigenvalue weighted by molar-refractivity contribution is 8.05. The summed E-state index contributed by atoms with van der Waals surface area (Å²) in [5.41, 5.74) is 6.30. The van der Waals surface area contributed by atoms with Gasteiger partial charge in [0.15, 0.2) is 5.50 Å². The van der Waals surface area contributed by atoms with E-state index in [1.165, 1.54) is 17.3 Å². The molecule has 4 nitrogen and oxygen atoms in total. The van der Waals surface area contributed by atoms with Crippen molar-refractivity contribution in [1.82, 2.24) is 9.88 Å². The summed E-state index contributed by atoms with van der Waals surface area (Å²) in [6.07, 6.45) is 2.97. The molecule has 1 aliphatic rings. The number of aromatic nitrogens is 1. The van der Waals surface area contributed by atoms with Crippen LogP contribution in [0.25, 0.3) is 11.8 Å². The van der Waals surface area contributed by atoms with Crippen LogP contribution in [0.1, 0.15) is 29.4 Å². The molecule has 1 saturated heterocycles. The Labute approximate surface area is 186 Å². The molecule has 0 aliphatic carbocycles. The third-order valence-electron chi connectivity index (χ3n) is 5.21. The van der Waals surface area contributed by atoms with Gasteiger partial charge in [-0.25, -0.2) is 0 Å². The van der Waals surface area contributed by atoms with Crippen LogP contribution in [0.2, 0.25) is 5.02 Å². The Kier molecular flexibility index (Phi) is 5.93. The second-order valence-corrected chi connectivity index (χ2v) is 8.90. The molecule has 6 heteroatoms. The largest absolute Gasteiger partial charge is 0.357 e. The van der Waals surface area contributed by atoms with Crippen LogP contribution in [0.4, 0.5) is 5.69 Å². The molecule has 0 radical (unpaired) electrons. The van der Waals surface area contributed by atoms with Crippen LogP contribution in [0.5, 0.6) is 0 Å². The minimum absolute atomic E-state index is 0.0600. The van der Waals surface area contributed by atoms with E-state index in [-0.39, 0.29) is 11.4 Å². The number of carbonyl (C=O) groups is 1. The highest BCUT2D eigenvalue weighted by atomic mass is 35.5. The molecule has 1 aliphatic heterocycles. The third-order valence-corrected chi connectivity index (χ3v) is 6.48. The van der Waals surface area contributed by atoms with Crippen LogP contribution in [-0.2, 0) is 11.2 Å². The summed E-state index contributed by atoms with van der Waals surface area (Å²) in [5, 5.41) is 7.07. The van der Waals surface area contributed by atoms with Crippen molar-refractivity contribution in [1.29, 1.82) is 0 Å². The molecule has 3 aromatic rings. The number of amides is 1. The molecule has 30 heavy (non-hydrogen) atoms. The molecule has 154 valence electrons. The number of rotatable bonds is 5. The molecular weight excluding hydrogens is 414 g/mol. The maximum Gasteiger partial charge on any atom is 0.260 e. The lowest BCUT2D eigenvalue weighted by molar-refractivity contribution is -0.116. The standard InChI is InChI=1S/C24H24ClN3OS/c1-4-17-8-10-20(11-9-17)26-24-27-23(29)22(30-24)13-18-12-15(2)28(16(18)3)21-7-5-6-19(25)14-21/h5-14,24,26H,4H2,1-3H3,(H,27,29)/b22-13-/t24-/m1/s1. The van der Waals surface area contributed by atoms with Gasteiger partial charge in [0.25, 0.3) is 5.91 Å². The van der Waals surface area contributed by atoms with Crippen LogP contribution >= 0.6 is 23.4 Å². The summed E-state index contributed by atoms with van der Waals surface area (Å²) in [4.78, 5) is 13.2. The van der Waals surface area contributed by atoms with Gasteiger partial charge in [0.1, 0.15) is 0 Å². The van der Waals surface area contributed by atoms with Crippen LogP contribution in [-0.4, -0.2) is 16.0 Å². The van der Waals surface area contributed by atoms with Gasteiger partial charge in [0.05, 0.1) is 4.91 Å². The fourth-order valence-electron chi connectivity index (χ4n) is 3.64. The molecule has 1 amide bonds. The van der Waals surface area contributed by atoms with Crippen molar-refractivity contribution in [2.45, 2.75) is 32.7 Å². The van der Waals surface area contributed by atoms with E-state index >= 15 is 0 Å². The number of benzene rings is 2. The van der Waals surface area contributed by atoms with Gasteiger partial charge in [-0.05, 0) is 73.9 Å². The van der Waals surface area contributed by atoms with E-state index in [1.807, 2.05) is 42.5 Å². The summed E-state index contributed by atoms with van der Waals surface area (Å²) in [7, 11) is 0. The van der Waals surface area contributed by atoms with E-state index in [1.54, 1.807) is 0 Å². The van der Waals surface area contributed by atoms with E-state index in [9.17, 15) is 4.79 Å². The predicted molar refractivity (Wildman–Crippen MR) is 127 cm³/mol. The fourth-order valence-corrected chi connectivity index (χ4v) is 4.80. The predicted octanol–water partition coefficient (Wildman–Crippen LogP) is 5.91. The summed E-state index contributed by atoms with van der Waals surface area (Å²) >= 11 is 7.67. The second-order valence-electron chi connectivity index (χ2n) is 7.32. The van der Waals surface area contributed by atoms with Crippen molar-refractivity contribution in [3.63, 3.8) is 0 Å². The summed E-state index contributed by atoms with van der Waals surface area (Å²) in [6.45, 7) is 6.25. The zero-order valence-electron chi connectivity index (χ0n) is 17.2. The van der Waals surface area contributed by atoms with E-state index in [4.69, 9.17) is 11.6 Å². The Bertz CT molecular complexity index is 1120. The van der Waals surface area contributed by atoms with Crippen molar-refractivity contribution >= 4 is 41.0 Å². The quantitative estimate of drug-likeness (QED) is 0.488. The van der Waals surface area contributed by atoms with E-state index in [2.05, 4.69) is 54.2 Å². The number of carbonyl (C=O) groups excluding carboxylic acids is 1. The van der Waals surface area contributed by atoms with Crippen LogP contribution in [0.3, 0.4) is 0 Å². The van der Waals surface area contributed by atoms with Crippen LogP contribution in [0, 0.1) is 13.8 Å². The van der Waals surface area contributed by atoms with Crippen molar-refractivity contribution in [2.24, 2.45) is 0 Å². The SMILES string of the molecule is CCc1ccc(N[C@@H]2NC(=O)/C(=C/c3cc(C)n(-c4cccc(Cl)c4)c3C)S2)cc1. The number of aryl methyl sites for hydroxylation is 2. The number of halogens is 1. The molecular formula is C24H24ClN3OS. The Morgan fingerprint density at radius 3 is 2.63 bits per heavy atom. The topological polar surface area (TPSA) is 46.1 Å². The first kappa shape index (κ1) is 20.6. The highest BCUT2D eigenvalue weighted by Gasteiger charge is 2.27. The first-order valence-corrected chi connectivity index (χ1v) is 11.2. The van der Waals surface area contributed by atoms with Gasteiger partial charge < -0.3 is 15.2 Å². The number of thioether (sulfide) groups is 1. The normalized spacial score (nSPS) is 17.4. The number of hydrogen-bond donors (Lipinski definition) is 2. The monoisotopic (exact) mass is 437 g/mol. The second kappa shape index (κ2) is 8.62. The Hall–Kier alpha value is -2.63. The van der Waals surface area contributed by atoms with Crippen molar-refractivity contribution in [3.05, 3.63) is 87.0 Å². The van der Waals surface area contributed by atoms with Gasteiger partial charge in [-0.15, -0.1) is 0 Å². The minimum Gasteiger partial charge on any atom is -0.357 e. The number of nitrogens with one attached hydrogen (secondary N) is 2. The van der Waals surface area contributed by atoms with E-state index < -0.39 is 0 Å². The molecule has 2 heterocycles. The molecule has 1 atom stereocenters. The van der Waals surface area contributed by atoms with Gasteiger partial charge >= 0.3 is 0 Å². The molecule has 0 spiro atoms. The zero-order chi connectivity index (χ0) is 21.3. The first-order chi connectivity index (χ1) is 14.4. The minimum atomic E-state index is -0.187. The third kappa shape index (κ3) is 4.27. The maximum absolute atomic E-state index is 12.5.